The van der Waals surface area contributed by atoms with E-state index < -0.39 is 82.3 Å². The summed E-state index contributed by atoms with van der Waals surface area (Å²) < 4.78 is 105. The Bertz CT molecular complexity index is 4450. The lowest BCUT2D eigenvalue weighted by Gasteiger charge is -2.42. The van der Waals surface area contributed by atoms with Crippen LogP contribution in [-0.2, 0) is 43.8 Å². The van der Waals surface area contributed by atoms with Crippen LogP contribution in [0.3, 0.4) is 0 Å². The highest BCUT2D eigenvalue weighted by molar-refractivity contribution is 7.99. The number of thioether (sulfide) groups is 1. The summed E-state index contributed by atoms with van der Waals surface area (Å²) in [5.74, 6) is -1.77. The van der Waals surface area contributed by atoms with Gasteiger partial charge in [-0.05, 0) is 159 Å². The van der Waals surface area contributed by atoms with Gasteiger partial charge in [-0.15, -0.1) is 23.1 Å². The number of likely N-dealkylation sites (N-methyl/N-ethyl adjacent to an activating group) is 1. The lowest BCUT2D eigenvalue weighted by atomic mass is 9.71. The Kier molecular flexibility index (Phi) is 30.5. The molecular weight excluding hydrogens is 1540 g/mol. The molecule has 3 saturated heterocycles. The number of likely N-dealkylation sites (tertiary alicyclic amines) is 1. The van der Waals surface area contributed by atoms with Gasteiger partial charge >= 0.3 is 5.51 Å². The third kappa shape index (κ3) is 24.1. The van der Waals surface area contributed by atoms with Gasteiger partial charge in [-0.2, -0.15) is 13.2 Å². The zero-order valence-electron chi connectivity index (χ0n) is 65.0. The van der Waals surface area contributed by atoms with Gasteiger partial charge < -0.3 is 45.8 Å². The molecule has 4 heterocycles. The van der Waals surface area contributed by atoms with Gasteiger partial charge in [0, 0.05) is 131 Å². The second-order valence-electron chi connectivity index (χ2n) is 31.4. The number of nitrogens with zero attached hydrogens (tertiary/aromatic N) is 6. The molecule has 5 amide bonds. The number of amides is 5. The Morgan fingerprint density at radius 3 is 2.12 bits per heavy atom. The Balaban J connectivity index is 0.647. The number of aryl methyl sites for hydroxylation is 1. The number of ether oxygens (including phenoxy) is 1. The second kappa shape index (κ2) is 39.3. The molecule has 608 valence electrons. The van der Waals surface area contributed by atoms with Gasteiger partial charge in [0.15, 0.2) is 0 Å². The fraction of sp³-hybridized carbons (Fsp3) is 0.512. The van der Waals surface area contributed by atoms with E-state index in [1.165, 1.54) is 39.9 Å². The summed E-state index contributed by atoms with van der Waals surface area (Å²) in [6.45, 7) is 20.2. The van der Waals surface area contributed by atoms with Gasteiger partial charge in [0.25, 0.3) is 25.8 Å². The second-order valence-corrected chi connectivity index (χ2v) is 37.4. The monoisotopic (exact) mass is 1640 g/mol. The van der Waals surface area contributed by atoms with Gasteiger partial charge in [-0.25, -0.2) is 26.5 Å². The van der Waals surface area contributed by atoms with Crippen LogP contribution in [0.25, 0.3) is 16.0 Å². The summed E-state index contributed by atoms with van der Waals surface area (Å²) in [5, 5.41) is 23.5. The van der Waals surface area contributed by atoms with E-state index in [2.05, 4.69) is 72.0 Å². The van der Waals surface area contributed by atoms with Gasteiger partial charge in [-0.1, -0.05) is 119 Å². The molecule has 0 bridgehead atoms. The number of rotatable bonds is 35. The predicted octanol–water partition coefficient (Wildman–Crippen LogP) is 12.4. The molecule has 0 radical (unpaired) electrons. The lowest BCUT2D eigenvalue weighted by Crippen LogP contribution is -2.57. The zero-order valence-corrected chi connectivity index (χ0v) is 69.0. The number of unbranched alkanes of at least 4 members (excludes halogenated alkanes) is 4. The van der Waals surface area contributed by atoms with Crippen molar-refractivity contribution in [3.8, 4) is 10.4 Å². The molecule has 30 heteroatoms. The third-order valence-electron chi connectivity index (χ3n) is 21.4. The van der Waals surface area contributed by atoms with Crippen molar-refractivity contribution in [2.45, 2.75) is 169 Å². The molecule has 5 aromatic carbocycles. The number of benzene rings is 5. The van der Waals surface area contributed by atoms with Crippen molar-refractivity contribution >= 4 is 101 Å². The first-order chi connectivity index (χ1) is 53.2. The number of morpholine rings is 1. The van der Waals surface area contributed by atoms with Gasteiger partial charge in [0.05, 0.1) is 52.0 Å². The molecule has 3 aliphatic heterocycles. The molecular formula is C82H107ClF3N11O11S4. The maximum atomic E-state index is 14.4. The first-order valence-corrected chi connectivity index (χ1v) is 43.8. The number of hydrogen-bond acceptors (Lipinski definition) is 19. The van der Waals surface area contributed by atoms with Crippen LogP contribution >= 0.6 is 34.7 Å². The van der Waals surface area contributed by atoms with Crippen LogP contribution in [0.2, 0.25) is 5.02 Å². The topological polar surface area (TPSA) is 272 Å². The van der Waals surface area contributed by atoms with Crippen LogP contribution in [-0.4, -0.2) is 210 Å². The number of aliphatic hydroxyl groups excluding tert-OH is 1. The van der Waals surface area contributed by atoms with Gasteiger partial charge in [-0.3, -0.25) is 33.8 Å². The van der Waals surface area contributed by atoms with Crippen molar-refractivity contribution in [1.29, 1.82) is 0 Å². The highest BCUT2D eigenvalue weighted by atomic mass is 35.5. The molecule has 0 spiro atoms. The fourth-order valence-electron chi connectivity index (χ4n) is 15.1. The summed E-state index contributed by atoms with van der Waals surface area (Å²) in [6, 6.07) is 31.3. The first-order valence-electron chi connectivity index (χ1n) is 38.6. The fourth-order valence-corrected chi connectivity index (χ4v) is 19.0. The number of aromatic nitrogens is 1. The van der Waals surface area contributed by atoms with Crippen molar-refractivity contribution in [3.63, 3.8) is 0 Å². The Labute approximate surface area is 670 Å². The first kappa shape index (κ1) is 86.9. The summed E-state index contributed by atoms with van der Waals surface area (Å²) >= 11 is 9.38. The van der Waals surface area contributed by atoms with Crippen LogP contribution in [0, 0.1) is 17.8 Å². The number of hydrogen-bond donors (Lipinski definition) is 6. The van der Waals surface area contributed by atoms with Crippen molar-refractivity contribution in [2.75, 3.05) is 115 Å². The maximum Gasteiger partial charge on any atom is 0.501 e. The van der Waals surface area contributed by atoms with Crippen molar-refractivity contribution in [3.05, 3.63) is 160 Å². The van der Waals surface area contributed by atoms with Gasteiger partial charge in [0.2, 0.25) is 23.6 Å². The highest BCUT2D eigenvalue weighted by Crippen LogP contribution is 2.45. The standard InChI is InChI=1S/C82H107ClF3N11O11S4/c1-56(58-20-22-60(23-21-58)75-57(2)88-55-110-75)89-78(102)71-48-66(98)52-97(71)79(103)76(80(3,4)5)91-74(100)19-15-10-8-9-14-18-73(99)87-37-39-93(7)54-81(6)36-34-69(59-24-28-63(83)29-25-59)62(50-81)51-95-40-42-96(43-41-95)65-30-26-61(27-31-65)77(101)92-112(106,107)68-32-33-70(72(49-68)111(104,105)82(84,85)86)90-64(35-38-94-44-46-108-47-45-94)53-109-67-16-12-11-13-17-67/h11-13,16-17,20-33,49,55-56,64,66,71,76,90,98H,8-10,14-15,18-19,34-48,50-54H2,1-7H3,(H,87,99)(H,89,102)(H,91,100)(H,92,101)/t56-,64+,66+,71-,76+,81?/m0/s1. The van der Waals surface area contributed by atoms with Crippen LogP contribution < -0.4 is 30.9 Å². The molecule has 1 aromatic heterocycles. The smallest absolute Gasteiger partial charge is 0.391 e. The van der Waals surface area contributed by atoms with E-state index in [0.29, 0.717) is 102 Å². The quantitative estimate of drug-likeness (QED) is 0.0159. The molecule has 10 rings (SSSR count). The van der Waals surface area contributed by atoms with E-state index in [9.17, 15) is 59.1 Å². The van der Waals surface area contributed by atoms with E-state index in [1.807, 2.05) is 112 Å². The zero-order chi connectivity index (χ0) is 80.5. The number of nitrogens with one attached hydrogen (secondary N) is 5. The average Bonchev–Trinajstić information content (AvgIpc) is 0.872. The Hall–Kier alpha value is -7.45. The van der Waals surface area contributed by atoms with Crippen LogP contribution in [0.4, 0.5) is 24.5 Å². The summed E-state index contributed by atoms with van der Waals surface area (Å²) in [5.41, 5.74) is 2.30. The highest BCUT2D eigenvalue weighted by Gasteiger charge is 2.49. The van der Waals surface area contributed by atoms with Crippen LogP contribution in [0.1, 0.15) is 145 Å². The number of β-amino-alcohol motifs (C(OH)–C–C–N with tert-alkyl or cyclic N) is 1. The number of thiazole rings is 1. The summed E-state index contributed by atoms with van der Waals surface area (Å²) in [6.07, 6.45) is 6.68. The number of anilines is 2. The number of aliphatic hydroxyl groups is 1. The number of sulfone groups is 1. The maximum absolute atomic E-state index is 14.4. The molecule has 1 aliphatic carbocycles. The molecule has 22 nitrogen and oxygen atoms in total. The molecule has 6 atom stereocenters. The number of carbonyl (C=O) groups excluding carboxylic acids is 5. The Morgan fingerprint density at radius 1 is 0.812 bits per heavy atom. The van der Waals surface area contributed by atoms with E-state index in [0.717, 1.165) is 115 Å². The predicted molar refractivity (Wildman–Crippen MR) is 435 cm³/mol. The molecule has 0 saturated carbocycles. The SMILES string of the molecule is Cc1ncsc1-c1ccc([C@H](C)NC(=O)[C@@H]2C[C@@H](O)CN2C(=O)[C@@H](NC(=O)CCCCCCCC(=O)NCCN(C)CC2(C)CCC(c3ccc(Cl)cc3)=C(CN3CCN(c4ccc(C(=O)NS(=O)(=O)c5ccc(N[C@H](CCN6CCOCC6)CSc6ccccc6)c(S(=O)(=O)C(F)(F)F)c5)cc4)CC3)C2)C(C)(C)C)cc1. The largest absolute Gasteiger partial charge is 0.501 e. The minimum atomic E-state index is -6.11. The van der Waals surface area contributed by atoms with Crippen LogP contribution in [0.15, 0.2) is 147 Å². The minimum Gasteiger partial charge on any atom is -0.391 e. The average molecular weight is 1640 g/mol. The number of halogens is 4. The van der Waals surface area contributed by atoms with E-state index in [4.69, 9.17) is 16.3 Å². The minimum absolute atomic E-state index is 0.00830. The normalized spacial score (nSPS) is 19.1. The van der Waals surface area contributed by atoms with E-state index in [1.54, 1.807) is 23.5 Å². The summed E-state index contributed by atoms with van der Waals surface area (Å²) in [4.78, 5) is 82.8. The lowest BCUT2D eigenvalue weighted by molar-refractivity contribution is -0.144. The third-order valence-corrected chi connectivity index (χ3v) is 26.6. The Morgan fingerprint density at radius 2 is 1.47 bits per heavy atom. The van der Waals surface area contributed by atoms with Gasteiger partial charge in [0.1, 0.15) is 17.0 Å². The molecule has 6 aromatic rings. The van der Waals surface area contributed by atoms with Crippen molar-refractivity contribution in [1.82, 2.24) is 45.3 Å². The number of piperazine rings is 1. The van der Waals surface area contributed by atoms with Crippen molar-refractivity contribution < 1.29 is 63.8 Å². The van der Waals surface area contributed by atoms with E-state index >= 15 is 0 Å². The summed E-state index contributed by atoms with van der Waals surface area (Å²) in [7, 11) is -8.93. The molecule has 3 fully saturated rings. The van der Waals surface area contributed by atoms with Crippen molar-refractivity contribution in [2.24, 2.45) is 10.8 Å². The molecule has 112 heavy (non-hydrogen) atoms. The molecule has 4 aliphatic rings. The number of allylic oxidation sites excluding steroid dienone is 1. The molecule has 1 unspecified atom stereocenters. The number of carbonyl (C=O) groups is 5. The number of sulfonamides is 1. The van der Waals surface area contributed by atoms with Crippen LogP contribution in [0.5, 0.6) is 0 Å². The molecule has 6 N–H and O–H groups in total. The van der Waals surface area contributed by atoms with E-state index in [-0.39, 0.29) is 54.1 Å². The number of alkyl halides is 3.